The molecule has 1 aromatic heterocycles. The summed E-state index contributed by atoms with van der Waals surface area (Å²) < 4.78 is 0. The zero-order valence-corrected chi connectivity index (χ0v) is 15.2. The van der Waals surface area contributed by atoms with Crippen LogP contribution in [0.3, 0.4) is 0 Å². The minimum atomic E-state index is 0. The number of piperidine rings is 1. The molecule has 2 heterocycles. The molecule has 0 atom stereocenters. The summed E-state index contributed by atoms with van der Waals surface area (Å²) >= 11 is 0. The van der Waals surface area contributed by atoms with Crippen LogP contribution in [-0.4, -0.2) is 28.9 Å². The first-order valence-electron chi connectivity index (χ1n) is 7.61. The van der Waals surface area contributed by atoms with Crippen molar-refractivity contribution in [1.82, 2.24) is 9.88 Å². The van der Waals surface area contributed by atoms with Gasteiger partial charge in [-0.2, -0.15) is 0 Å². The minimum absolute atomic E-state index is 0. The molecule has 0 saturated carbocycles. The van der Waals surface area contributed by atoms with E-state index < -0.39 is 0 Å². The predicted octanol–water partition coefficient (Wildman–Crippen LogP) is 3.40. The van der Waals surface area contributed by atoms with Crippen molar-refractivity contribution in [3.63, 3.8) is 0 Å². The van der Waals surface area contributed by atoms with Crippen LogP contribution in [0.5, 0.6) is 0 Å². The summed E-state index contributed by atoms with van der Waals surface area (Å²) in [6.45, 7) is 4.92. The van der Waals surface area contributed by atoms with Gasteiger partial charge in [-0.15, -0.1) is 24.0 Å². The average Bonchev–Trinajstić information content (AvgIpc) is 2.53. The molecule has 0 unspecified atom stereocenters. The minimum Gasteiger partial charge on any atom is -0.370 e. The van der Waals surface area contributed by atoms with Crippen LogP contribution in [0.25, 0.3) is 10.9 Å². The summed E-state index contributed by atoms with van der Waals surface area (Å²) in [7, 11) is 0. The highest BCUT2D eigenvalue weighted by Crippen LogP contribution is 2.18. The van der Waals surface area contributed by atoms with Crippen molar-refractivity contribution in [3.05, 3.63) is 42.1 Å². The zero-order valence-electron chi connectivity index (χ0n) is 12.9. The molecule has 1 aromatic carbocycles. The summed E-state index contributed by atoms with van der Waals surface area (Å²) in [4.78, 5) is 11.2. The van der Waals surface area contributed by atoms with Crippen LogP contribution >= 0.6 is 24.0 Å². The highest BCUT2D eigenvalue weighted by molar-refractivity contribution is 14.0. The van der Waals surface area contributed by atoms with Crippen LogP contribution in [0.15, 0.2) is 41.5 Å². The normalized spacial score (nSPS) is 16.6. The molecule has 1 aliphatic heterocycles. The van der Waals surface area contributed by atoms with Crippen molar-refractivity contribution < 1.29 is 0 Å². The van der Waals surface area contributed by atoms with Gasteiger partial charge in [-0.3, -0.25) is 4.98 Å². The highest BCUT2D eigenvalue weighted by atomic mass is 127. The second kappa shape index (κ2) is 7.76. The number of likely N-dealkylation sites (tertiary alicyclic amines) is 1. The smallest absolute Gasteiger partial charge is 0.191 e. The number of para-hydroxylation sites is 1. The van der Waals surface area contributed by atoms with Crippen LogP contribution in [0, 0.1) is 5.92 Å². The van der Waals surface area contributed by atoms with Gasteiger partial charge in [-0.05, 0) is 30.4 Å². The van der Waals surface area contributed by atoms with Crippen LogP contribution in [0.4, 0.5) is 0 Å². The quantitative estimate of drug-likeness (QED) is 0.469. The van der Waals surface area contributed by atoms with E-state index in [9.17, 15) is 0 Å². The Morgan fingerprint density at radius 1 is 1.27 bits per heavy atom. The second-order valence-corrected chi connectivity index (χ2v) is 5.84. The maximum Gasteiger partial charge on any atom is 0.191 e. The monoisotopic (exact) mass is 410 g/mol. The Kier molecular flexibility index (Phi) is 5.99. The SMILES string of the molecule is CC1CCN(C(N)=NCc2cccc3cccnc23)CC1.I. The highest BCUT2D eigenvalue weighted by Gasteiger charge is 2.16. The number of aliphatic imine (C=N–C) groups is 1. The number of hydrogen-bond donors (Lipinski definition) is 1. The molecule has 2 aromatic rings. The van der Waals surface area contributed by atoms with Gasteiger partial charge in [0.25, 0.3) is 0 Å². The molecule has 0 spiro atoms. The number of nitrogens with zero attached hydrogens (tertiary/aromatic N) is 3. The number of aromatic nitrogens is 1. The summed E-state index contributed by atoms with van der Waals surface area (Å²) in [5.74, 6) is 1.46. The van der Waals surface area contributed by atoms with Gasteiger partial charge in [0.05, 0.1) is 12.1 Å². The molecule has 22 heavy (non-hydrogen) atoms. The van der Waals surface area contributed by atoms with E-state index in [0.29, 0.717) is 12.5 Å². The molecule has 0 amide bonds. The molecule has 4 nitrogen and oxygen atoms in total. The Morgan fingerprint density at radius 3 is 2.77 bits per heavy atom. The van der Waals surface area contributed by atoms with Crippen molar-refractivity contribution in [2.45, 2.75) is 26.3 Å². The maximum atomic E-state index is 6.14. The largest absolute Gasteiger partial charge is 0.370 e. The number of hydrogen-bond acceptors (Lipinski definition) is 2. The Balaban J connectivity index is 0.00000176. The molecule has 0 aliphatic carbocycles. The Morgan fingerprint density at radius 2 is 2.00 bits per heavy atom. The molecule has 1 fully saturated rings. The van der Waals surface area contributed by atoms with Crippen LogP contribution < -0.4 is 5.73 Å². The molecule has 1 saturated heterocycles. The second-order valence-electron chi connectivity index (χ2n) is 5.84. The topological polar surface area (TPSA) is 54.5 Å². The summed E-state index contributed by atoms with van der Waals surface area (Å²) in [5.41, 5.74) is 8.29. The molecule has 3 rings (SSSR count). The number of fused-ring (bicyclic) bond motifs is 1. The summed E-state index contributed by atoms with van der Waals surface area (Å²) in [5, 5.41) is 1.15. The van der Waals surface area contributed by atoms with Crippen LogP contribution in [0.2, 0.25) is 0 Å². The fourth-order valence-electron chi connectivity index (χ4n) is 2.80. The standard InChI is InChI=1S/C17H22N4.HI/c1-13-7-10-21(11-8-13)17(18)20-12-15-5-2-4-14-6-3-9-19-16(14)15;/h2-6,9,13H,7-8,10-12H2,1H3,(H2,18,20);1H. The van der Waals surface area contributed by atoms with E-state index in [0.717, 1.165) is 35.5 Å². The number of nitrogens with two attached hydrogens (primary N) is 1. The molecule has 5 heteroatoms. The lowest BCUT2D eigenvalue weighted by molar-refractivity contribution is 0.277. The van der Waals surface area contributed by atoms with Gasteiger partial charge in [-0.25, -0.2) is 4.99 Å². The molecular formula is C17H23IN4. The Labute approximate surface area is 148 Å². The molecule has 0 bridgehead atoms. The molecule has 118 valence electrons. The van der Waals surface area contributed by atoms with Crippen molar-refractivity contribution in [2.24, 2.45) is 16.6 Å². The van der Waals surface area contributed by atoms with Crippen LogP contribution in [0.1, 0.15) is 25.3 Å². The summed E-state index contributed by atoms with van der Waals surface area (Å²) in [6.07, 6.45) is 4.23. The van der Waals surface area contributed by atoms with Gasteiger partial charge in [0.2, 0.25) is 0 Å². The predicted molar refractivity (Wildman–Crippen MR) is 102 cm³/mol. The van der Waals surface area contributed by atoms with Crippen molar-refractivity contribution in [2.75, 3.05) is 13.1 Å². The van der Waals surface area contributed by atoms with E-state index in [1.807, 2.05) is 18.3 Å². The average molecular weight is 410 g/mol. The van der Waals surface area contributed by atoms with E-state index >= 15 is 0 Å². The van der Waals surface area contributed by atoms with Gasteiger partial charge in [0.1, 0.15) is 0 Å². The van der Waals surface area contributed by atoms with E-state index in [1.165, 1.54) is 12.8 Å². The van der Waals surface area contributed by atoms with Gasteiger partial charge >= 0.3 is 0 Å². The Bertz CT molecular complexity index is 643. The van der Waals surface area contributed by atoms with Crippen LogP contribution in [-0.2, 0) is 6.54 Å². The van der Waals surface area contributed by atoms with Crippen molar-refractivity contribution >= 4 is 40.8 Å². The number of halogens is 1. The lowest BCUT2D eigenvalue weighted by Crippen LogP contribution is -2.42. The lowest BCUT2D eigenvalue weighted by Gasteiger charge is -2.31. The molecular weight excluding hydrogens is 387 g/mol. The fourth-order valence-corrected chi connectivity index (χ4v) is 2.80. The van der Waals surface area contributed by atoms with E-state index in [1.54, 1.807) is 0 Å². The first-order valence-corrected chi connectivity index (χ1v) is 7.61. The zero-order chi connectivity index (χ0) is 14.7. The fraction of sp³-hybridized carbons (Fsp3) is 0.412. The van der Waals surface area contributed by atoms with E-state index in [4.69, 9.17) is 5.73 Å². The molecule has 0 radical (unpaired) electrons. The lowest BCUT2D eigenvalue weighted by atomic mass is 10.00. The van der Waals surface area contributed by atoms with Gasteiger partial charge in [-0.1, -0.05) is 31.2 Å². The molecule has 1 aliphatic rings. The number of benzene rings is 1. The van der Waals surface area contributed by atoms with Gasteiger partial charge in [0.15, 0.2) is 5.96 Å². The van der Waals surface area contributed by atoms with E-state index in [-0.39, 0.29) is 24.0 Å². The Hall–Kier alpha value is -1.37. The van der Waals surface area contributed by atoms with Gasteiger partial charge in [0, 0.05) is 24.7 Å². The first-order chi connectivity index (χ1) is 10.2. The number of pyridine rings is 1. The van der Waals surface area contributed by atoms with Crippen molar-refractivity contribution in [1.29, 1.82) is 0 Å². The third kappa shape index (κ3) is 3.88. The molecule has 2 N–H and O–H groups in total. The number of rotatable bonds is 2. The maximum absolute atomic E-state index is 6.14. The third-order valence-electron chi connectivity index (χ3n) is 4.24. The summed E-state index contributed by atoms with van der Waals surface area (Å²) in [6, 6.07) is 10.2. The number of guanidine groups is 1. The van der Waals surface area contributed by atoms with Crippen molar-refractivity contribution in [3.8, 4) is 0 Å². The van der Waals surface area contributed by atoms with Gasteiger partial charge < -0.3 is 10.6 Å². The first kappa shape index (κ1) is 17.0. The van der Waals surface area contributed by atoms with E-state index in [2.05, 4.69) is 40.0 Å². The third-order valence-corrected chi connectivity index (χ3v) is 4.24.